The van der Waals surface area contributed by atoms with E-state index in [-0.39, 0.29) is 28.9 Å². The molecule has 0 saturated carbocycles. The lowest BCUT2D eigenvalue weighted by molar-refractivity contribution is 0.0947. The summed E-state index contributed by atoms with van der Waals surface area (Å²) in [4.78, 5) is 38.3. The largest absolute Gasteiger partial charge is 0.395 e. The molecule has 1 aliphatic heterocycles. The quantitative estimate of drug-likeness (QED) is 0.382. The Morgan fingerprint density at radius 2 is 1.97 bits per heavy atom. The van der Waals surface area contributed by atoms with Gasteiger partial charge in [-0.2, -0.15) is 4.98 Å². The van der Waals surface area contributed by atoms with Gasteiger partial charge in [-0.25, -0.2) is 4.98 Å². The monoisotopic (exact) mass is 466 g/mol. The molecule has 1 fully saturated rings. The molecule has 4 aromatic rings. The number of likely N-dealkylation sites (tertiary alicyclic amines) is 1. The second-order valence-corrected chi connectivity index (χ2v) is 9.18. The normalized spacial score (nSPS) is 14.8. The molecule has 9 nitrogen and oxygen atoms in total. The minimum absolute atomic E-state index is 0.0608. The van der Waals surface area contributed by atoms with Crippen molar-refractivity contribution in [3.8, 4) is 0 Å². The number of benzene rings is 1. The highest BCUT2D eigenvalue weighted by Crippen LogP contribution is 2.30. The number of aliphatic hydroxyl groups excluding tert-OH is 1. The van der Waals surface area contributed by atoms with Gasteiger partial charge >= 0.3 is 0 Å². The Kier molecular flexibility index (Phi) is 6.21. The lowest BCUT2D eigenvalue weighted by Gasteiger charge is -2.26. The first-order valence-electron chi connectivity index (χ1n) is 11.3. The van der Waals surface area contributed by atoms with Gasteiger partial charge in [0.05, 0.1) is 22.2 Å². The highest BCUT2D eigenvalue weighted by atomic mass is 32.1. The van der Waals surface area contributed by atoms with E-state index in [2.05, 4.69) is 25.5 Å². The topological polar surface area (TPSA) is 112 Å². The summed E-state index contributed by atoms with van der Waals surface area (Å²) in [5.41, 5.74) is 1.06. The van der Waals surface area contributed by atoms with Crippen LogP contribution in [0.2, 0.25) is 0 Å². The van der Waals surface area contributed by atoms with Crippen molar-refractivity contribution < 1.29 is 9.90 Å². The van der Waals surface area contributed by atoms with Gasteiger partial charge in [-0.15, -0.1) is 11.3 Å². The molecule has 0 unspecified atom stereocenters. The Morgan fingerprint density at radius 3 is 2.79 bits per heavy atom. The number of fused-ring (bicyclic) bond motifs is 5. The van der Waals surface area contributed by atoms with E-state index in [9.17, 15) is 9.59 Å². The number of carbonyl (C=O) groups excluding carboxylic acids is 1. The van der Waals surface area contributed by atoms with Crippen LogP contribution in [0.3, 0.4) is 0 Å². The molecule has 1 aliphatic rings. The fourth-order valence-electron chi connectivity index (χ4n) is 4.35. The molecule has 0 aliphatic carbocycles. The van der Waals surface area contributed by atoms with Crippen LogP contribution in [-0.2, 0) is 0 Å². The van der Waals surface area contributed by atoms with E-state index < -0.39 is 0 Å². The first kappa shape index (κ1) is 21.7. The predicted molar refractivity (Wildman–Crippen MR) is 130 cm³/mol. The van der Waals surface area contributed by atoms with Gasteiger partial charge in [-0.3, -0.25) is 14.0 Å². The number of hydrogen-bond acceptors (Lipinski definition) is 8. The van der Waals surface area contributed by atoms with Crippen molar-refractivity contribution in [3.63, 3.8) is 0 Å². The zero-order chi connectivity index (χ0) is 22.8. The van der Waals surface area contributed by atoms with E-state index >= 15 is 0 Å². The second kappa shape index (κ2) is 9.42. The molecular formula is C23H26N6O3S. The van der Waals surface area contributed by atoms with Crippen molar-refractivity contribution in [2.24, 2.45) is 0 Å². The van der Waals surface area contributed by atoms with Crippen molar-refractivity contribution in [2.75, 3.05) is 44.6 Å². The minimum atomic E-state index is -0.374. The number of piperidine rings is 1. The summed E-state index contributed by atoms with van der Waals surface area (Å²) < 4.78 is 2.82. The van der Waals surface area contributed by atoms with E-state index in [0.29, 0.717) is 29.5 Å². The average Bonchev–Trinajstić information content (AvgIpc) is 3.22. The number of para-hydroxylation sites is 1. The van der Waals surface area contributed by atoms with E-state index in [1.54, 1.807) is 0 Å². The number of carbonyl (C=O) groups is 1. The molecule has 172 valence electrons. The van der Waals surface area contributed by atoms with E-state index in [1.165, 1.54) is 36.8 Å². The summed E-state index contributed by atoms with van der Waals surface area (Å²) in [5.74, 6) is -0.0517. The van der Waals surface area contributed by atoms with Crippen molar-refractivity contribution in [1.82, 2.24) is 24.6 Å². The molecule has 0 atom stereocenters. The van der Waals surface area contributed by atoms with Crippen LogP contribution in [0.1, 0.15) is 29.6 Å². The Hall–Kier alpha value is -3.08. The van der Waals surface area contributed by atoms with Crippen LogP contribution >= 0.6 is 11.3 Å². The molecule has 1 aromatic carbocycles. The number of anilines is 1. The van der Waals surface area contributed by atoms with E-state index in [0.717, 1.165) is 29.9 Å². The third-order valence-electron chi connectivity index (χ3n) is 5.97. The van der Waals surface area contributed by atoms with Gasteiger partial charge in [0.1, 0.15) is 10.4 Å². The fraction of sp³-hybridized carbons (Fsp3) is 0.391. The molecule has 1 saturated heterocycles. The summed E-state index contributed by atoms with van der Waals surface area (Å²) in [7, 11) is 0. The van der Waals surface area contributed by atoms with Gasteiger partial charge in [-0.1, -0.05) is 18.6 Å². The second-order valence-electron chi connectivity index (χ2n) is 8.15. The third-order valence-corrected chi connectivity index (χ3v) is 7.11. The lowest BCUT2D eigenvalue weighted by Crippen LogP contribution is -2.38. The number of pyridine rings is 1. The van der Waals surface area contributed by atoms with Gasteiger partial charge in [-0.05, 0) is 38.1 Å². The molecule has 10 heteroatoms. The van der Waals surface area contributed by atoms with Gasteiger partial charge in [0.2, 0.25) is 11.4 Å². The number of nitrogens with one attached hydrogen (secondary N) is 2. The third kappa shape index (κ3) is 4.17. The number of rotatable bonds is 7. The Morgan fingerprint density at radius 1 is 1.15 bits per heavy atom. The molecule has 33 heavy (non-hydrogen) atoms. The summed E-state index contributed by atoms with van der Waals surface area (Å²) in [6, 6.07) is 7.76. The molecular weight excluding hydrogens is 440 g/mol. The molecule has 0 spiro atoms. The molecule has 0 radical (unpaired) electrons. The van der Waals surface area contributed by atoms with Crippen LogP contribution in [0, 0.1) is 0 Å². The average molecular weight is 467 g/mol. The van der Waals surface area contributed by atoms with E-state index in [1.807, 2.05) is 28.7 Å². The van der Waals surface area contributed by atoms with Gasteiger partial charge < -0.3 is 20.6 Å². The van der Waals surface area contributed by atoms with Gasteiger partial charge in [0, 0.05) is 25.8 Å². The maximum Gasteiger partial charge on any atom is 0.258 e. The summed E-state index contributed by atoms with van der Waals surface area (Å²) >= 11 is 1.40. The highest BCUT2D eigenvalue weighted by Gasteiger charge is 2.23. The van der Waals surface area contributed by atoms with Crippen LogP contribution < -0.4 is 16.1 Å². The van der Waals surface area contributed by atoms with Crippen molar-refractivity contribution in [2.45, 2.75) is 19.3 Å². The number of nitrogens with zero attached hydrogens (tertiary/aromatic N) is 4. The van der Waals surface area contributed by atoms with Crippen LogP contribution in [0.4, 0.5) is 5.95 Å². The van der Waals surface area contributed by atoms with Crippen LogP contribution in [0.25, 0.3) is 26.1 Å². The Bertz CT molecular complexity index is 1380. The summed E-state index contributed by atoms with van der Waals surface area (Å²) in [5, 5.41) is 15.3. The SMILES string of the molecule is O=C(NCCN1CCCCC1)c1c(=O)c2cnc(NCCO)nc2n2c1sc1ccccc12. The first-order chi connectivity index (χ1) is 16.2. The standard InChI is InChI=1S/C23H26N6O3S/c30-13-9-25-23-26-14-15-19(31)18(21(32)24-8-12-28-10-4-1-5-11-28)22-29(20(15)27-23)16-6-2-3-7-17(16)33-22/h2-3,6-7,14,30H,1,4-5,8-13H2,(H,24,32)(H,25,26,27). The maximum absolute atomic E-state index is 13.4. The maximum atomic E-state index is 13.4. The Balaban J connectivity index is 1.58. The van der Waals surface area contributed by atoms with Crippen molar-refractivity contribution in [1.29, 1.82) is 0 Å². The van der Waals surface area contributed by atoms with Crippen molar-refractivity contribution in [3.05, 3.63) is 46.2 Å². The van der Waals surface area contributed by atoms with Crippen molar-refractivity contribution >= 4 is 49.3 Å². The number of aliphatic hydroxyl groups is 1. The summed E-state index contributed by atoms with van der Waals surface area (Å²) in [6.07, 6.45) is 5.10. The molecule has 5 rings (SSSR count). The van der Waals surface area contributed by atoms with Gasteiger partial charge in [0.25, 0.3) is 5.91 Å². The number of thiazole rings is 1. The number of amides is 1. The van der Waals surface area contributed by atoms with Crippen LogP contribution in [-0.4, -0.2) is 69.6 Å². The first-order valence-corrected chi connectivity index (χ1v) is 12.1. The Labute approximate surface area is 194 Å². The van der Waals surface area contributed by atoms with Crippen LogP contribution in [0.15, 0.2) is 35.3 Å². The molecule has 4 heterocycles. The molecule has 0 bridgehead atoms. The van der Waals surface area contributed by atoms with E-state index in [4.69, 9.17) is 5.11 Å². The smallest absolute Gasteiger partial charge is 0.258 e. The predicted octanol–water partition coefficient (Wildman–Crippen LogP) is 2.08. The summed E-state index contributed by atoms with van der Waals surface area (Å²) in [6.45, 7) is 3.62. The number of hydrogen-bond donors (Lipinski definition) is 3. The van der Waals surface area contributed by atoms with Gasteiger partial charge in [0.15, 0.2) is 5.65 Å². The molecule has 3 N–H and O–H groups in total. The number of aromatic nitrogens is 3. The fourth-order valence-corrected chi connectivity index (χ4v) is 5.53. The minimum Gasteiger partial charge on any atom is -0.395 e. The molecule has 3 aromatic heterocycles. The zero-order valence-corrected chi connectivity index (χ0v) is 19.0. The highest BCUT2D eigenvalue weighted by molar-refractivity contribution is 7.24. The van der Waals surface area contributed by atoms with Crippen LogP contribution in [0.5, 0.6) is 0 Å². The zero-order valence-electron chi connectivity index (χ0n) is 18.2. The molecule has 1 amide bonds. The lowest BCUT2D eigenvalue weighted by atomic mass is 10.1.